The fourth-order valence-electron chi connectivity index (χ4n) is 2.69. The minimum Gasteiger partial charge on any atom is -0.368 e. The number of anilines is 1. The molecule has 1 saturated heterocycles. The number of rotatable bonds is 3. The van der Waals surface area contributed by atoms with Crippen LogP contribution in [0.25, 0.3) is 0 Å². The Hall–Kier alpha value is -2.13. The highest BCUT2D eigenvalue weighted by Crippen LogP contribution is 2.26. The molecule has 106 valence electrons. The molecule has 0 bridgehead atoms. The molecule has 6 nitrogen and oxygen atoms in total. The molecule has 1 aromatic carbocycles. The molecule has 1 unspecified atom stereocenters. The van der Waals surface area contributed by atoms with Crippen LogP contribution >= 0.6 is 0 Å². The molecule has 0 aliphatic carbocycles. The van der Waals surface area contributed by atoms with Crippen molar-refractivity contribution in [2.45, 2.75) is 19.9 Å². The summed E-state index contributed by atoms with van der Waals surface area (Å²) < 4.78 is 0. The van der Waals surface area contributed by atoms with Gasteiger partial charge in [-0.2, -0.15) is 5.26 Å². The van der Waals surface area contributed by atoms with Gasteiger partial charge in [-0.15, -0.1) is 0 Å². The van der Waals surface area contributed by atoms with Gasteiger partial charge < -0.3 is 4.90 Å². The van der Waals surface area contributed by atoms with Gasteiger partial charge in [0.25, 0.3) is 5.69 Å². The molecule has 0 N–H and O–H groups in total. The highest BCUT2D eigenvalue weighted by atomic mass is 16.6. The largest absolute Gasteiger partial charge is 0.368 e. The third-order valence-corrected chi connectivity index (χ3v) is 3.82. The number of likely N-dealkylation sites (N-methyl/N-ethyl adjacent to an activating group) is 1. The number of hydrogen-bond donors (Lipinski definition) is 0. The quantitative estimate of drug-likeness (QED) is 0.622. The Morgan fingerprint density at radius 2 is 2.25 bits per heavy atom. The van der Waals surface area contributed by atoms with E-state index in [9.17, 15) is 15.4 Å². The molecule has 0 aromatic heterocycles. The third kappa shape index (κ3) is 2.73. The Balaban J connectivity index is 2.25. The summed E-state index contributed by atoms with van der Waals surface area (Å²) in [6, 6.07) is 6.99. The predicted octanol–water partition coefficient (Wildman–Crippen LogP) is 2.00. The molecule has 0 saturated carbocycles. The van der Waals surface area contributed by atoms with E-state index in [-0.39, 0.29) is 5.69 Å². The van der Waals surface area contributed by atoms with Gasteiger partial charge in [0.1, 0.15) is 6.07 Å². The lowest BCUT2D eigenvalue weighted by molar-refractivity contribution is -0.384. The lowest BCUT2D eigenvalue weighted by atomic mass is 10.1. The molecule has 0 radical (unpaired) electrons. The van der Waals surface area contributed by atoms with Crippen molar-refractivity contribution < 1.29 is 4.92 Å². The number of non-ortho nitro benzene ring substituents is 1. The number of nitro groups is 1. The third-order valence-electron chi connectivity index (χ3n) is 3.82. The molecule has 1 aliphatic rings. The van der Waals surface area contributed by atoms with Crippen LogP contribution in [0.1, 0.15) is 19.4 Å². The summed E-state index contributed by atoms with van der Waals surface area (Å²) in [5.41, 5.74) is 1.13. The van der Waals surface area contributed by atoms with Gasteiger partial charge in [0.15, 0.2) is 0 Å². The molecule has 0 amide bonds. The van der Waals surface area contributed by atoms with Crippen molar-refractivity contribution in [3.05, 3.63) is 33.9 Å². The van der Waals surface area contributed by atoms with Crippen molar-refractivity contribution in [2.75, 3.05) is 31.1 Å². The van der Waals surface area contributed by atoms with E-state index in [0.29, 0.717) is 11.6 Å². The Kier molecular flexibility index (Phi) is 4.20. The second-order valence-corrected chi connectivity index (χ2v) is 4.99. The molecule has 1 aliphatic heterocycles. The van der Waals surface area contributed by atoms with Crippen molar-refractivity contribution >= 4 is 11.4 Å². The van der Waals surface area contributed by atoms with Crippen LogP contribution < -0.4 is 4.90 Å². The van der Waals surface area contributed by atoms with Gasteiger partial charge in [0.05, 0.1) is 16.2 Å². The van der Waals surface area contributed by atoms with Crippen molar-refractivity contribution in [3.63, 3.8) is 0 Å². The topological polar surface area (TPSA) is 73.4 Å². The highest BCUT2D eigenvalue weighted by molar-refractivity contribution is 5.63. The summed E-state index contributed by atoms with van der Waals surface area (Å²) in [7, 11) is 0. The van der Waals surface area contributed by atoms with E-state index >= 15 is 0 Å². The second-order valence-electron chi connectivity index (χ2n) is 4.99. The zero-order valence-corrected chi connectivity index (χ0v) is 11.7. The average molecular weight is 274 g/mol. The summed E-state index contributed by atoms with van der Waals surface area (Å²) in [6.07, 6.45) is 0. The Morgan fingerprint density at radius 3 is 2.80 bits per heavy atom. The van der Waals surface area contributed by atoms with Crippen LogP contribution in [0.15, 0.2) is 18.2 Å². The number of piperazine rings is 1. The van der Waals surface area contributed by atoms with E-state index in [1.807, 2.05) is 0 Å². The monoisotopic (exact) mass is 274 g/mol. The second kappa shape index (κ2) is 5.88. The first-order valence-corrected chi connectivity index (χ1v) is 6.74. The van der Waals surface area contributed by atoms with Gasteiger partial charge >= 0.3 is 0 Å². The maximum Gasteiger partial charge on any atom is 0.270 e. The van der Waals surface area contributed by atoms with Crippen LogP contribution in [0, 0.1) is 21.4 Å². The first-order valence-electron chi connectivity index (χ1n) is 6.74. The molecular formula is C14H18N4O2. The first-order chi connectivity index (χ1) is 9.56. The lowest BCUT2D eigenvalue weighted by Crippen LogP contribution is -2.51. The van der Waals surface area contributed by atoms with E-state index in [2.05, 4.69) is 29.7 Å². The maximum atomic E-state index is 10.8. The zero-order valence-electron chi connectivity index (χ0n) is 11.7. The first kappa shape index (κ1) is 14.3. The minimum atomic E-state index is -0.470. The normalized spacial score (nSPS) is 19.6. The Bertz CT molecular complexity index is 553. The van der Waals surface area contributed by atoms with E-state index in [1.165, 1.54) is 12.1 Å². The van der Waals surface area contributed by atoms with E-state index in [4.69, 9.17) is 0 Å². The van der Waals surface area contributed by atoms with Gasteiger partial charge in [-0.1, -0.05) is 6.92 Å². The van der Waals surface area contributed by atoms with Crippen LogP contribution in [0.4, 0.5) is 11.4 Å². The van der Waals surface area contributed by atoms with Crippen LogP contribution in [-0.2, 0) is 0 Å². The Labute approximate surface area is 118 Å². The fourth-order valence-corrected chi connectivity index (χ4v) is 2.69. The number of nitrogens with zero attached hydrogens (tertiary/aromatic N) is 4. The fraction of sp³-hybridized carbons (Fsp3) is 0.500. The van der Waals surface area contributed by atoms with Crippen LogP contribution in [0.5, 0.6) is 0 Å². The Morgan fingerprint density at radius 1 is 1.50 bits per heavy atom. The molecule has 1 heterocycles. The number of benzene rings is 1. The molecule has 1 atom stereocenters. The number of hydrogen-bond acceptors (Lipinski definition) is 5. The van der Waals surface area contributed by atoms with Gasteiger partial charge in [0.2, 0.25) is 0 Å². The summed E-state index contributed by atoms with van der Waals surface area (Å²) in [5.74, 6) is 0. The summed E-state index contributed by atoms with van der Waals surface area (Å²) >= 11 is 0. The number of nitriles is 1. The number of nitro benzene ring substituents is 1. The molecule has 6 heteroatoms. The van der Waals surface area contributed by atoms with Crippen molar-refractivity contribution in [3.8, 4) is 6.07 Å². The maximum absolute atomic E-state index is 10.8. The van der Waals surface area contributed by atoms with Gasteiger partial charge in [-0.3, -0.25) is 15.0 Å². The summed E-state index contributed by atoms with van der Waals surface area (Å²) in [5, 5.41) is 20.0. The van der Waals surface area contributed by atoms with Crippen molar-refractivity contribution in [1.29, 1.82) is 5.26 Å². The van der Waals surface area contributed by atoms with Crippen LogP contribution in [-0.4, -0.2) is 42.0 Å². The van der Waals surface area contributed by atoms with Gasteiger partial charge in [-0.05, 0) is 19.5 Å². The zero-order chi connectivity index (χ0) is 14.7. The van der Waals surface area contributed by atoms with Gasteiger partial charge in [-0.25, -0.2) is 0 Å². The molecule has 1 aromatic rings. The van der Waals surface area contributed by atoms with Crippen molar-refractivity contribution in [2.24, 2.45) is 0 Å². The van der Waals surface area contributed by atoms with Crippen LogP contribution in [0.2, 0.25) is 0 Å². The van der Waals surface area contributed by atoms with E-state index in [1.54, 1.807) is 6.07 Å². The minimum absolute atomic E-state index is 0.0365. The van der Waals surface area contributed by atoms with Crippen molar-refractivity contribution in [1.82, 2.24) is 4.90 Å². The predicted molar refractivity (Wildman–Crippen MR) is 76.7 cm³/mol. The molecule has 1 fully saturated rings. The van der Waals surface area contributed by atoms with Crippen LogP contribution in [0.3, 0.4) is 0 Å². The standard InChI is InChI=1S/C14H18N4O2/c1-3-16-6-7-17(10-11(16)2)14-5-4-13(18(19)20)8-12(14)9-15/h4-5,8,11H,3,6-7,10H2,1-2H3. The summed E-state index contributed by atoms with van der Waals surface area (Å²) in [4.78, 5) is 14.8. The molecule has 2 rings (SSSR count). The highest BCUT2D eigenvalue weighted by Gasteiger charge is 2.24. The molecular weight excluding hydrogens is 256 g/mol. The van der Waals surface area contributed by atoms with E-state index < -0.39 is 4.92 Å². The SMILES string of the molecule is CCN1CCN(c2ccc([N+](=O)[O-])cc2C#N)CC1C. The molecule has 0 spiro atoms. The summed E-state index contributed by atoms with van der Waals surface area (Å²) in [6.45, 7) is 7.93. The lowest BCUT2D eigenvalue weighted by Gasteiger charge is -2.40. The van der Waals surface area contributed by atoms with Gasteiger partial charge in [0, 0.05) is 37.8 Å². The average Bonchev–Trinajstić information content (AvgIpc) is 2.46. The molecule has 20 heavy (non-hydrogen) atoms. The smallest absolute Gasteiger partial charge is 0.270 e. The van der Waals surface area contributed by atoms with E-state index in [0.717, 1.165) is 31.9 Å².